The summed E-state index contributed by atoms with van der Waals surface area (Å²) in [6.07, 6.45) is 1.95. The van der Waals surface area contributed by atoms with Gasteiger partial charge < -0.3 is 10.2 Å². The van der Waals surface area contributed by atoms with E-state index in [1.54, 1.807) is 31.1 Å². The zero-order valence-electron chi connectivity index (χ0n) is 15.8. The topological polar surface area (TPSA) is 93.0 Å². The van der Waals surface area contributed by atoms with E-state index in [1.807, 2.05) is 42.5 Å². The lowest BCUT2D eigenvalue weighted by molar-refractivity contribution is -0.134. The first-order valence-corrected chi connectivity index (χ1v) is 8.91. The zero-order chi connectivity index (χ0) is 19.9. The molecule has 1 heterocycles. The summed E-state index contributed by atoms with van der Waals surface area (Å²) in [6, 6.07) is 16.4. The minimum absolute atomic E-state index is 0.0912. The Morgan fingerprint density at radius 2 is 1.79 bits per heavy atom. The molecule has 3 rings (SSSR count). The van der Waals surface area contributed by atoms with Crippen LogP contribution in [0.15, 0.2) is 60.9 Å². The highest BCUT2D eigenvalue weighted by Gasteiger charge is 2.25. The number of nitrogens with one attached hydrogen (secondary N) is 1. The number of likely N-dealkylation sites (N-methyl/N-ethyl adjacent to an activating group) is 1. The van der Waals surface area contributed by atoms with Gasteiger partial charge in [0.1, 0.15) is 12.4 Å². The van der Waals surface area contributed by atoms with E-state index in [2.05, 4.69) is 20.8 Å². The van der Waals surface area contributed by atoms with Gasteiger partial charge in [-0.05, 0) is 33.7 Å². The van der Waals surface area contributed by atoms with Crippen LogP contribution in [0, 0.1) is 0 Å². The average molecular weight is 378 g/mol. The van der Waals surface area contributed by atoms with Crippen LogP contribution in [-0.4, -0.2) is 51.0 Å². The molecule has 1 unspecified atom stereocenters. The molecule has 0 saturated heterocycles. The van der Waals surface area contributed by atoms with Gasteiger partial charge in [0, 0.05) is 32.6 Å². The van der Waals surface area contributed by atoms with Crippen molar-refractivity contribution in [3.05, 3.63) is 77.6 Å². The predicted molar refractivity (Wildman–Crippen MR) is 103 cm³/mol. The molecule has 0 bridgehead atoms. The maximum absolute atomic E-state index is 13.1. The summed E-state index contributed by atoms with van der Waals surface area (Å²) in [7, 11) is 3.34. The third-order valence-electron chi connectivity index (χ3n) is 4.48. The summed E-state index contributed by atoms with van der Waals surface area (Å²) in [5, 5.41) is 13.9. The molecule has 0 aliphatic heterocycles. The SMILES string of the molecule is CNC(=O)c1ccc(CN(C)C(=O)C(Cc2ccccc2)n2cnnn2)cc1. The number of aromatic nitrogens is 4. The second-order valence-corrected chi connectivity index (χ2v) is 6.47. The molecule has 1 aromatic heterocycles. The van der Waals surface area contributed by atoms with Crippen LogP contribution in [0.2, 0.25) is 0 Å². The number of amides is 2. The molecule has 28 heavy (non-hydrogen) atoms. The molecular formula is C20H22N6O2. The van der Waals surface area contributed by atoms with Gasteiger partial charge in [0.2, 0.25) is 5.91 Å². The van der Waals surface area contributed by atoms with Crippen LogP contribution in [0.4, 0.5) is 0 Å². The molecule has 2 aromatic carbocycles. The van der Waals surface area contributed by atoms with Crippen molar-refractivity contribution in [2.45, 2.75) is 19.0 Å². The van der Waals surface area contributed by atoms with Crippen LogP contribution in [-0.2, 0) is 17.8 Å². The molecule has 2 amide bonds. The fraction of sp³-hybridized carbons (Fsp3) is 0.250. The van der Waals surface area contributed by atoms with E-state index in [9.17, 15) is 9.59 Å². The highest BCUT2D eigenvalue weighted by atomic mass is 16.2. The van der Waals surface area contributed by atoms with E-state index >= 15 is 0 Å². The van der Waals surface area contributed by atoms with Gasteiger partial charge in [-0.3, -0.25) is 9.59 Å². The minimum atomic E-state index is -0.535. The normalized spacial score (nSPS) is 11.6. The molecule has 0 fully saturated rings. The molecular weight excluding hydrogens is 356 g/mol. The van der Waals surface area contributed by atoms with Crippen molar-refractivity contribution in [2.24, 2.45) is 0 Å². The van der Waals surface area contributed by atoms with Gasteiger partial charge in [-0.1, -0.05) is 42.5 Å². The number of tetrazole rings is 1. The quantitative estimate of drug-likeness (QED) is 0.672. The molecule has 0 saturated carbocycles. The average Bonchev–Trinajstić information content (AvgIpc) is 3.26. The minimum Gasteiger partial charge on any atom is -0.355 e. The second-order valence-electron chi connectivity index (χ2n) is 6.47. The van der Waals surface area contributed by atoms with E-state index < -0.39 is 6.04 Å². The lowest BCUT2D eigenvalue weighted by atomic mass is 10.0. The lowest BCUT2D eigenvalue weighted by Crippen LogP contribution is -2.35. The third-order valence-corrected chi connectivity index (χ3v) is 4.48. The van der Waals surface area contributed by atoms with Crippen molar-refractivity contribution in [3.63, 3.8) is 0 Å². The van der Waals surface area contributed by atoms with Crippen molar-refractivity contribution in [1.29, 1.82) is 0 Å². The Balaban J connectivity index is 1.74. The Bertz CT molecular complexity index is 910. The Labute approximate surface area is 163 Å². The van der Waals surface area contributed by atoms with Gasteiger partial charge in [0.25, 0.3) is 5.91 Å². The molecule has 0 aliphatic carbocycles. The van der Waals surface area contributed by atoms with Crippen LogP contribution in [0.5, 0.6) is 0 Å². The van der Waals surface area contributed by atoms with Gasteiger partial charge in [-0.25, -0.2) is 4.68 Å². The largest absolute Gasteiger partial charge is 0.355 e. The smallest absolute Gasteiger partial charge is 0.251 e. The van der Waals surface area contributed by atoms with Crippen LogP contribution in [0.1, 0.15) is 27.5 Å². The summed E-state index contributed by atoms with van der Waals surface area (Å²) in [4.78, 5) is 26.4. The molecule has 1 N–H and O–H groups in total. The molecule has 3 aromatic rings. The number of rotatable bonds is 7. The van der Waals surface area contributed by atoms with Crippen molar-refractivity contribution < 1.29 is 9.59 Å². The van der Waals surface area contributed by atoms with E-state index in [4.69, 9.17) is 0 Å². The highest BCUT2D eigenvalue weighted by Crippen LogP contribution is 2.17. The third kappa shape index (κ3) is 4.59. The molecule has 8 nitrogen and oxygen atoms in total. The molecule has 144 valence electrons. The highest BCUT2D eigenvalue weighted by molar-refractivity contribution is 5.93. The number of hydrogen-bond acceptors (Lipinski definition) is 5. The summed E-state index contributed by atoms with van der Waals surface area (Å²) < 4.78 is 1.49. The Morgan fingerprint density at radius 1 is 1.07 bits per heavy atom. The van der Waals surface area contributed by atoms with Crippen molar-refractivity contribution in [3.8, 4) is 0 Å². The van der Waals surface area contributed by atoms with Crippen molar-refractivity contribution >= 4 is 11.8 Å². The molecule has 8 heteroatoms. The Hall–Kier alpha value is -3.55. The van der Waals surface area contributed by atoms with E-state index in [-0.39, 0.29) is 11.8 Å². The number of hydrogen-bond donors (Lipinski definition) is 1. The molecule has 1 atom stereocenters. The van der Waals surface area contributed by atoms with Crippen LogP contribution in [0.3, 0.4) is 0 Å². The van der Waals surface area contributed by atoms with Gasteiger partial charge in [0.15, 0.2) is 0 Å². The lowest BCUT2D eigenvalue weighted by Gasteiger charge is -2.23. The number of carbonyl (C=O) groups is 2. The summed E-state index contributed by atoms with van der Waals surface area (Å²) in [6.45, 7) is 0.417. The fourth-order valence-corrected chi connectivity index (χ4v) is 2.95. The van der Waals surface area contributed by atoms with E-state index in [0.29, 0.717) is 18.5 Å². The first-order chi connectivity index (χ1) is 13.6. The van der Waals surface area contributed by atoms with Gasteiger partial charge >= 0.3 is 0 Å². The number of carbonyl (C=O) groups excluding carboxylic acids is 2. The first kappa shape index (κ1) is 19.2. The first-order valence-electron chi connectivity index (χ1n) is 8.91. The predicted octanol–water partition coefficient (Wildman–Crippen LogP) is 1.48. The maximum Gasteiger partial charge on any atom is 0.251 e. The monoisotopic (exact) mass is 378 g/mol. The number of nitrogens with zero attached hydrogens (tertiary/aromatic N) is 5. The van der Waals surface area contributed by atoms with Crippen molar-refractivity contribution in [2.75, 3.05) is 14.1 Å². The standard InChI is InChI=1S/C20H22N6O2/c1-21-19(27)17-10-8-16(9-11-17)13-25(2)20(28)18(26-14-22-23-24-26)12-15-6-4-3-5-7-15/h3-11,14,18H,12-13H2,1-2H3,(H,21,27). The number of benzene rings is 2. The fourth-order valence-electron chi connectivity index (χ4n) is 2.95. The summed E-state index contributed by atoms with van der Waals surface area (Å²) >= 11 is 0. The van der Waals surface area contributed by atoms with E-state index in [1.165, 1.54) is 11.0 Å². The molecule has 0 radical (unpaired) electrons. The summed E-state index contributed by atoms with van der Waals surface area (Å²) in [5.41, 5.74) is 2.54. The van der Waals surface area contributed by atoms with E-state index in [0.717, 1.165) is 11.1 Å². The Morgan fingerprint density at radius 3 is 2.39 bits per heavy atom. The molecule has 0 aliphatic rings. The van der Waals surface area contributed by atoms with Crippen LogP contribution in [0.25, 0.3) is 0 Å². The zero-order valence-corrected chi connectivity index (χ0v) is 15.8. The second kappa shape index (κ2) is 8.90. The van der Waals surface area contributed by atoms with Gasteiger partial charge in [0.05, 0.1) is 0 Å². The Kier molecular flexibility index (Phi) is 6.11. The van der Waals surface area contributed by atoms with Gasteiger partial charge in [-0.15, -0.1) is 5.10 Å². The van der Waals surface area contributed by atoms with Crippen LogP contribution >= 0.6 is 0 Å². The molecule has 0 spiro atoms. The van der Waals surface area contributed by atoms with Gasteiger partial charge in [-0.2, -0.15) is 0 Å². The maximum atomic E-state index is 13.1. The summed E-state index contributed by atoms with van der Waals surface area (Å²) in [5.74, 6) is -0.232. The van der Waals surface area contributed by atoms with Crippen LogP contribution < -0.4 is 5.32 Å². The van der Waals surface area contributed by atoms with Crippen molar-refractivity contribution in [1.82, 2.24) is 30.4 Å².